The Kier molecular flexibility index (Phi) is 8.61. The number of piperazine rings is 1. The number of nitriles is 2. The van der Waals surface area contributed by atoms with Gasteiger partial charge in [0.25, 0.3) is 0 Å². The Morgan fingerprint density at radius 1 is 1.18 bits per heavy atom. The average Bonchev–Trinajstić information content (AvgIpc) is 3.46. The summed E-state index contributed by atoms with van der Waals surface area (Å²) < 4.78 is 6.13. The Morgan fingerprint density at radius 3 is 2.80 bits per heavy atom. The summed E-state index contributed by atoms with van der Waals surface area (Å²) in [6.45, 7) is 8.24. The Labute approximate surface area is 263 Å². The summed E-state index contributed by atoms with van der Waals surface area (Å²) in [4.78, 5) is 25.4. The third kappa shape index (κ3) is 5.66. The molecule has 0 bridgehead atoms. The molecule has 2 saturated heterocycles. The van der Waals surface area contributed by atoms with Crippen molar-refractivity contribution in [1.82, 2.24) is 14.8 Å². The van der Waals surface area contributed by atoms with Crippen LogP contribution in [0.2, 0.25) is 5.02 Å². The van der Waals surface area contributed by atoms with Crippen LogP contribution >= 0.6 is 11.6 Å². The van der Waals surface area contributed by atoms with Gasteiger partial charge in [0.2, 0.25) is 11.8 Å². The largest absolute Gasteiger partial charge is 0.475 e. The van der Waals surface area contributed by atoms with Crippen LogP contribution in [-0.4, -0.2) is 79.2 Å². The number of fused-ring (bicyclic) bond motifs is 2. The van der Waals surface area contributed by atoms with Gasteiger partial charge in [0.15, 0.2) is 0 Å². The third-order valence-electron chi connectivity index (χ3n) is 9.30. The lowest BCUT2D eigenvalue weighted by atomic mass is 9.96. The van der Waals surface area contributed by atoms with Gasteiger partial charge in [-0.15, -0.1) is 0 Å². The van der Waals surface area contributed by atoms with Crippen LogP contribution in [0, 0.1) is 22.7 Å². The first-order chi connectivity index (χ1) is 21.4. The predicted octanol–water partition coefficient (Wildman–Crippen LogP) is 4.91. The van der Waals surface area contributed by atoms with Gasteiger partial charge in [-0.05, 0) is 73.6 Å². The molecule has 0 spiro atoms. The fraction of sp³-hybridized carbons (Fsp3) is 0.412. The van der Waals surface area contributed by atoms with Gasteiger partial charge in [0.05, 0.1) is 23.6 Å². The maximum atomic E-state index is 12.4. The molecule has 226 valence electrons. The number of halogens is 1. The number of anilines is 2. The average molecular weight is 610 g/mol. The molecule has 9 nitrogen and oxygen atoms in total. The van der Waals surface area contributed by atoms with Crippen molar-refractivity contribution in [3.8, 4) is 18.0 Å². The summed E-state index contributed by atoms with van der Waals surface area (Å²) >= 11 is 7.03. The third-order valence-corrected chi connectivity index (χ3v) is 9.60. The Morgan fingerprint density at radius 2 is 2.05 bits per heavy atom. The Hall–Kier alpha value is -4.31. The molecule has 3 aliphatic rings. The second-order valence-corrected chi connectivity index (χ2v) is 12.2. The minimum atomic E-state index is -0.217. The fourth-order valence-electron chi connectivity index (χ4n) is 6.85. The van der Waals surface area contributed by atoms with Crippen molar-refractivity contribution in [3.05, 3.63) is 70.9 Å². The number of aromatic nitrogens is 1. The van der Waals surface area contributed by atoms with Crippen molar-refractivity contribution in [2.75, 3.05) is 56.2 Å². The summed E-state index contributed by atoms with van der Waals surface area (Å²) in [5, 5.41) is 22.2. The van der Waals surface area contributed by atoms with E-state index in [9.17, 15) is 15.3 Å². The second-order valence-electron chi connectivity index (χ2n) is 11.8. The molecular weight excluding hydrogens is 574 g/mol. The van der Waals surface area contributed by atoms with E-state index in [-0.39, 0.29) is 18.4 Å². The van der Waals surface area contributed by atoms with Crippen LogP contribution in [0.1, 0.15) is 36.0 Å². The van der Waals surface area contributed by atoms with Crippen molar-refractivity contribution in [1.29, 1.82) is 10.5 Å². The van der Waals surface area contributed by atoms with Crippen LogP contribution in [0.5, 0.6) is 5.88 Å². The highest BCUT2D eigenvalue weighted by Crippen LogP contribution is 2.39. The molecule has 0 aliphatic carbocycles. The zero-order valence-electron chi connectivity index (χ0n) is 25.0. The van der Waals surface area contributed by atoms with Gasteiger partial charge in [-0.25, -0.2) is 4.98 Å². The number of likely N-dealkylation sites (N-methyl/N-ethyl adjacent to an activating group) is 1. The number of carbonyl (C=O) groups is 1. The summed E-state index contributed by atoms with van der Waals surface area (Å²) in [5.41, 5.74) is 4.54. The maximum Gasteiger partial charge on any atom is 0.246 e. The Balaban J connectivity index is 1.26. The van der Waals surface area contributed by atoms with Gasteiger partial charge >= 0.3 is 0 Å². The van der Waals surface area contributed by atoms with Crippen molar-refractivity contribution in [3.63, 3.8) is 0 Å². The SMILES string of the molecule is C=CC(=O)N1CCN(c2cc(Cl)c3c(N4CCc5cnc(OC[C@@H]6CCCN6C)c(C#N)c5C4)cccc3c2)C[C@H]1CC#N. The molecule has 0 saturated carbocycles. The normalized spacial score (nSPS) is 20.2. The quantitative estimate of drug-likeness (QED) is 0.348. The van der Waals surface area contributed by atoms with Crippen LogP contribution in [0.3, 0.4) is 0 Å². The second kappa shape index (κ2) is 12.7. The number of benzene rings is 2. The van der Waals surface area contributed by atoms with Crippen LogP contribution in [0.25, 0.3) is 10.8 Å². The molecule has 1 aromatic heterocycles. The van der Waals surface area contributed by atoms with E-state index in [4.69, 9.17) is 16.3 Å². The van der Waals surface area contributed by atoms with Gasteiger partial charge < -0.3 is 24.3 Å². The van der Waals surface area contributed by atoms with Gasteiger partial charge in [-0.2, -0.15) is 10.5 Å². The molecular formula is C34H36ClN7O2. The lowest BCUT2D eigenvalue weighted by Crippen LogP contribution is -2.54. The van der Waals surface area contributed by atoms with E-state index in [0.29, 0.717) is 55.3 Å². The molecule has 2 atom stereocenters. The standard InChI is InChI=1S/C34H36ClN7O2/c1-3-32(43)42-15-14-40(20-25(42)9-11-36)27-16-23-6-4-8-31(33(23)30(35)17-27)41-13-10-24-19-38-34(28(18-37)29(24)21-41)44-22-26-7-5-12-39(26)2/h3-4,6,8,16-17,19,25-26H,1,5,7,9-10,12-15,20-22H2,2H3/t25-,26+/m1/s1. The maximum absolute atomic E-state index is 12.4. The van der Waals surface area contributed by atoms with Crippen molar-refractivity contribution in [2.45, 2.75) is 44.3 Å². The first kappa shape index (κ1) is 29.7. The molecule has 0 radical (unpaired) electrons. The van der Waals surface area contributed by atoms with Crippen LogP contribution in [0.4, 0.5) is 11.4 Å². The summed E-state index contributed by atoms with van der Waals surface area (Å²) in [7, 11) is 2.11. The number of ether oxygens (including phenoxy) is 1. The highest BCUT2D eigenvalue weighted by molar-refractivity contribution is 6.37. The lowest BCUT2D eigenvalue weighted by molar-refractivity contribution is -0.128. The van der Waals surface area contributed by atoms with E-state index in [1.165, 1.54) is 6.08 Å². The number of pyridine rings is 1. The molecule has 3 aromatic rings. The Bertz CT molecular complexity index is 1680. The molecule has 6 rings (SSSR count). The molecule has 4 heterocycles. The van der Waals surface area contributed by atoms with E-state index >= 15 is 0 Å². The molecule has 0 N–H and O–H groups in total. The molecule has 2 aromatic carbocycles. The molecule has 10 heteroatoms. The number of hydrogen-bond donors (Lipinski definition) is 0. The van der Waals surface area contributed by atoms with Gasteiger partial charge in [-0.3, -0.25) is 4.79 Å². The van der Waals surface area contributed by atoms with Crippen molar-refractivity contribution in [2.24, 2.45) is 0 Å². The number of nitrogens with zero attached hydrogens (tertiary/aromatic N) is 7. The highest BCUT2D eigenvalue weighted by Gasteiger charge is 2.30. The zero-order valence-corrected chi connectivity index (χ0v) is 25.8. The van der Waals surface area contributed by atoms with Crippen LogP contribution in [0.15, 0.2) is 49.2 Å². The number of amides is 1. The van der Waals surface area contributed by atoms with E-state index < -0.39 is 0 Å². The predicted molar refractivity (Wildman–Crippen MR) is 172 cm³/mol. The molecule has 44 heavy (non-hydrogen) atoms. The lowest BCUT2D eigenvalue weighted by Gasteiger charge is -2.41. The summed E-state index contributed by atoms with van der Waals surface area (Å²) in [6.07, 6.45) is 6.45. The van der Waals surface area contributed by atoms with E-state index in [1.54, 1.807) is 4.90 Å². The van der Waals surface area contributed by atoms with E-state index in [1.807, 2.05) is 18.3 Å². The minimum absolute atomic E-state index is 0.148. The molecule has 1 amide bonds. The topological polar surface area (TPSA) is 99.7 Å². The highest BCUT2D eigenvalue weighted by atomic mass is 35.5. The van der Waals surface area contributed by atoms with Gasteiger partial charge in [0, 0.05) is 61.7 Å². The number of rotatable bonds is 7. The van der Waals surface area contributed by atoms with Gasteiger partial charge in [-0.1, -0.05) is 30.3 Å². The number of carbonyl (C=O) groups excluding carboxylic acids is 1. The summed E-state index contributed by atoms with van der Waals surface area (Å²) in [5.74, 6) is 0.267. The zero-order chi connectivity index (χ0) is 30.8. The fourth-order valence-corrected chi connectivity index (χ4v) is 7.17. The van der Waals surface area contributed by atoms with Crippen LogP contribution in [-0.2, 0) is 17.8 Å². The summed E-state index contributed by atoms with van der Waals surface area (Å²) in [6, 6.07) is 15.0. The minimum Gasteiger partial charge on any atom is -0.475 e. The van der Waals surface area contributed by atoms with Crippen molar-refractivity contribution >= 4 is 39.7 Å². The smallest absolute Gasteiger partial charge is 0.246 e. The van der Waals surface area contributed by atoms with E-state index in [2.05, 4.69) is 63.6 Å². The number of hydrogen-bond acceptors (Lipinski definition) is 8. The van der Waals surface area contributed by atoms with E-state index in [0.717, 1.165) is 65.6 Å². The number of likely N-dealkylation sites (tertiary alicyclic amines) is 1. The van der Waals surface area contributed by atoms with Crippen molar-refractivity contribution < 1.29 is 9.53 Å². The monoisotopic (exact) mass is 609 g/mol. The molecule has 3 aliphatic heterocycles. The van der Waals surface area contributed by atoms with Gasteiger partial charge in [0.1, 0.15) is 18.2 Å². The molecule has 2 fully saturated rings. The van der Waals surface area contributed by atoms with Crippen LogP contribution < -0.4 is 14.5 Å². The first-order valence-electron chi connectivity index (χ1n) is 15.2. The molecule has 0 unspecified atom stereocenters. The first-order valence-corrected chi connectivity index (χ1v) is 15.6.